The summed E-state index contributed by atoms with van der Waals surface area (Å²) < 4.78 is 3.80. The third-order valence-electron chi connectivity index (χ3n) is 5.32. The molecule has 4 rings (SSSR count). The van der Waals surface area contributed by atoms with Crippen molar-refractivity contribution in [1.82, 2.24) is 19.6 Å². The number of carbonyl (C=O) groups excluding carboxylic acids is 1. The first-order valence-electron chi connectivity index (χ1n) is 8.91. The van der Waals surface area contributed by atoms with Gasteiger partial charge >= 0.3 is 0 Å². The van der Waals surface area contributed by atoms with Gasteiger partial charge in [-0.1, -0.05) is 18.2 Å². The Labute approximate surface area is 153 Å². The normalized spacial score (nSPS) is 16.6. The summed E-state index contributed by atoms with van der Waals surface area (Å²) in [5, 5.41) is 8.83. The van der Waals surface area contributed by atoms with E-state index in [4.69, 9.17) is 0 Å². The monoisotopic (exact) mass is 349 g/mol. The first-order valence-corrected chi connectivity index (χ1v) is 8.91. The van der Waals surface area contributed by atoms with E-state index in [1.807, 2.05) is 65.6 Å². The van der Waals surface area contributed by atoms with Gasteiger partial charge in [-0.25, -0.2) is 0 Å². The summed E-state index contributed by atoms with van der Waals surface area (Å²) in [6.07, 6.45) is 5.00. The van der Waals surface area contributed by atoms with Crippen molar-refractivity contribution in [2.24, 2.45) is 7.05 Å². The molecule has 0 fully saturated rings. The number of nitrogens with zero attached hydrogens (tertiary/aromatic N) is 5. The SMILES string of the molecule is Cc1nn(C)c(C)c1CC(=O)N1CC(n2cccn2)Cc2ccccc21. The number of aryl methyl sites for hydroxylation is 2. The summed E-state index contributed by atoms with van der Waals surface area (Å²) >= 11 is 0. The minimum Gasteiger partial charge on any atom is -0.310 e. The number of hydrogen-bond acceptors (Lipinski definition) is 3. The number of aromatic nitrogens is 4. The summed E-state index contributed by atoms with van der Waals surface area (Å²) in [7, 11) is 1.92. The molecule has 0 saturated carbocycles. The van der Waals surface area contributed by atoms with Crippen LogP contribution >= 0.6 is 0 Å². The molecule has 1 atom stereocenters. The molecule has 0 aliphatic carbocycles. The molecule has 1 aliphatic heterocycles. The predicted molar refractivity (Wildman–Crippen MR) is 100 cm³/mol. The number of fused-ring (bicyclic) bond motifs is 1. The Balaban J connectivity index is 1.66. The van der Waals surface area contributed by atoms with E-state index in [1.165, 1.54) is 5.56 Å². The third kappa shape index (κ3) is 2.81. The van der Waals surface area contributed by atoms with Gasteiger partial charge in [0, 0.05) is 42.9 Å². The highest BCUT2D eigenvalue weighted by molar-refractivity contribution is 5.96. The molecular weight excluding hydrogens is 326 g/mol. The molecule has 2 aromatic heterocycles. The Kier molecular flexibility index (Phi) is 4.11. The Bertz CT molecular complexity index is 941. The van der Waals surface area contributed by atoms with Crippen molar-refractivity contribution in [2.75, 3.05) is 11.4 Å². The number of benzene rings is 1. The molecule has 0 radical (unpaired) electrons. The fourth-order valence-electron chi connectivity index (χ4n) is 3.80. The lowest BCUT2D eigenvalue weighted by molar-refractivity contribution is -0.118. The Morgan fingerprint density at radius 1 is 1.23 bits per heavy atom. The zero-order chi connectivity index (χ0) is 18.3. The van der Waals surface area contributed by atoms with E-state index in [2.05, 4.69) is 16.3 Å². The minimum atomic E-state index is 0.105. The fraction of sp³-hybridized carbons (Fsp3) is 0.350. The van der Waals surface area contributed by atoms with Gasteiger partial charge in [-0.3, -0.25) is 14.2 Å². The summed E-state index contributed by atoms with van der Waals surface area (Å²) in [4.78, 5) is 15.1. The summed E-state index contributed by atoms with van der Waals surface area (Å²) in [6, 6.07) is 10.2. The average molecular weight is 349 g/mol. The van der Waals surface area contributed by atoms with Crippen LogP contribution in [0.15, 0.2) is 42.7 Å². The average Bonchev–Trinajstić information content (AvgIpc) is 3.25. The van der Waals surface area contributed by atoms with Gasteiger partial charge < -0.3 is 4.90 Å². The highest BCUT2D eigenvalue weighted by atomic mass is 16.2. The largest absolute Gasteiger partial charge is 0.310 e. The maximum absolute atomic E-state index is 13.2. The maximum atomic E-state index is 13.2. The van der Waals surface area contributed by atoms with Crippen LogP contribution in [0.25, 0.3) is 0 Å². The number of anilines is 1. The van der Waals surface area contributed by atoms with Gasteiger partial charge in [0.05, 0.1) is 18.2 Å². The van der Waals surface area contributed by atoms with Crippen LogP contribution in [-0.2, 0) is 24.7 Å². The second-order valence-electron chi connectivity index (χ2n) is 6.93. The number of para-hydroxylation sites is 1. The van der Waals surface area contributed by atoms with Gasteiger partial charge in [0.25, 0.3) is 0 Å². The van der Waals surface area contributed by atoms with Gasteiger partial charge in [0.15, 0.2) is 0 Å². The molecule has 3 aromatic rings. The Morgan fingerprint density at radius 2 is 2.04 bits per heavy atom. The lowest BCUT2D eigenvalue weighted by atomic mass is 9.97. The maximum Gasteiger partial charge on any atom is 0.231 e. The number of carbonyl (C=O) groups is 1. The molecule has 1 aliphatic rings. The smallest absolute Gasteiger partial charge is 0.231 e. The van der Waals surface area contributed by atoms with E-state index >= 15 is 0 Å². The molecule has 1 unspecified atom stereocenters. The second-order valence-corrected chi connectivity index (χ2v) is 6.93. The Morgan fingerprint density at radius 3 is 2.73 bits per heavy atom. The molecule has 1 aromatic carbocycles. The van der Waals surface area contributed by atoms with Crippen LogP contribution in [0.2, 0.25) is 0 Å². The van der Waals surface area contributed by atoms with Gasteiger partial charge in [-0.05, 0) is 38.0 Å². The third-order valence-corrected chi connectivity index (χ3v) is 5.32. The van der Waals surface area contributed by atoms with Crippen LogP contribution < -0.4 is 4.90 Å². The quantitative estimate of drug-likeness (QED) is 0.730. The van der Waals surface area contributed by atoms with E-state index in [9.17, 15) is 4.79 Å². The van der Waals surface area contributed by atoms with Gasteiger partial charge in [-0.15, -0.1) is 0 Å². The Hall–Kier alpha value is -2.89. The van der Waals surface area contributed by atoms with Crippen LogP contribution in [0.3, 0.4) is 0 Å². The summed E-state index contributed by atoms with van der Waals surface area (Å²) in [5.41, 5.74) is 5.19. The molecule has 3 heterocycles. The number of rotatable bonds is 3. The zero-order valence-electron chi connectivity index (χ0n) is 15.4. The summed E-state index contributed by atoms with van der Waals surface area (Å²) in [6.45, 7) is 4.61. The molecule has 134 valence electrons. The molecule has 26 heavy (non-hydrogen) atoms. The standard InChI is InChI=1S/C20H23N5O/c1-14-18(15(2)23(3)22-14)12-20(26)24-13-17(25-10-6-9-21-25)11-16-7-4-5-8-19(16)24/h4-10,17H,11-13H2,1-3H3. The molecular formula is C20H23N5O. The van der Waals surface area contributed by atoms with Crippen molar-refractivity contribution < 1.29 is 4.79 Å². The zero-order valence-corrected chi connectivity index (χ0v) is 15.4. The molecule has 6 heteroatoms. The van der Waals surface area contributed by atoms with Crippen molar-refractivity contribution in [3.63, 3.8) is 0 Å². The lowest BCUT2D eigenvalue weighted by Gasteiger charge is -2.35. The first kappa shape index (κ1) is 16.6. The first-order chi connectivity index (χ1) is 12.5. The van der Waals surface area contributed by atoms with E-state index in [1.54, 1.807) is 6.20 Å². The topological polar surface area (TPSA) is 56.0 Å². The highest BCUT2D eigenvalue weighted by Crippen LogP contribution is 2.32. The fourth-order valence-corrected chi connectivity index (χ4v) is 3.80. The van der Waals surface area contributed by atoms with Crippen molar-refractivity contribution in [2.45, 2.75) is 32.7 Å². The molecule has 0 bridgehead atoms. The van der Waals surface area contributed by atoms with E-state index in [0.29, 0.717) is 13.0 Å². The van der Waals surface area contributed by atoms with Crippen LogP contribution in [0, 0.1) is 13.8 Å². The van der Waals surface area contributed by atoms with Crippen LogP contribution in [0.4, 0.5) is 5.69 Å². The molecule has 6 nitrogen and oxygen atoms in total. The van der Waals surface area contributed by atoms with Crippen molar-refractivity contribution >= 4 is 11.6 Å². The van der Waals surface area contributed by atoms with Gasteiger partial charge in [-0.2, -0.15) is 10.2 Å². The van der Waals surface area contributed by atoms with Crippen molar-refractivity contribution in [3.8, 4) is 0 Å². The molecule has 0 saturated heterocycles. The van der Waals surface area contributed by atoms with E-state index in [-0.39, 0.29) is 11.9 Å². The van der Waals surface area contributed by atoms with E-state index in [0.717, 1.165) is 29.1 Å². The molecule has 0 N–H and O–H groups in total. The number of hydrogen-bond donors (Lipinski definition) is 0. The minimum absolute atomic E-state index is 0.105. The van der Waals surface area contributed by atoms with Gasteiger partial charge in [0.1, 0.15) is 0 Å². The van der Waals surface area contributed by atoms with Crippen molar-refractivity contribution in [3.05, 3.63) is 65.2 Å². The predicted octanol–water partition coefficient (Wildman–Crippen LogP) is 2.61. The molecule has 1 amide bonds. The van der Waals surface area contributed by atoms with E-state index < -0.39 is 0 Å². The van der Waals surface area contributed by atoms with Crippen LogP contribution in [0.1, 0.15) is 28.6 Å². The lowest BCUT2D eigenvalue weighted by Crippen LogP contribution is -2.41. The van der Waals surface area contributed by atoms with Gasteiger partial charge in [0.2, 0.25) is 5.91 Å². The van der Waals surface area contributed by atoms with Crippen molar-refractivity contribution in [1.29, 1.82) is 0 Å². The molecule has 0 spiro atoms. The van der Waals surface area contributed by atoms with Crippen LogP contribution in [0.5, 0.6) is 0 Å². The second kappa shape index (κ2) is 6.44. The summed E-state index contributed by atoms with van der Waals surface area (Å²) in [5.74, 6) is 0.105. The highest BCUT2D eigenvalue weighted by Gasteiger charge is 2.30. The number of amides is 1. The van der Waals surface area contributed by atoms with Crippen LogP contribution in [-0.4, -0.2) is 32.0 Å².